The number of hydrogen-bond donors (Lipinski definition) is 0. The van der Waals surface area contributed by atoms with Crippen molar-refractivity contribution in [2.24, 2.45) is 22.7 Å². The third-order valence-electron chi connectivity index (χ3n) is 6.51. The largest absolute Gasteiger partial charge is 0.462 e. The molecule has 0 aromatic heterocycles. The van der Waals surface area contributed by atoms with Gasteiger partial charge >= 0.3 is 5.97 Å². The summed E-state index contributed by atoms with van der Waals surface area (Å²) in [6.45, 7) is 7.47. The van der Waals surface area contributed by atoms with E-state index in [-0.39, 0.29) is 5.69 Å². The average Bonchev–Trinajstić information content (AvgIpc) is 2.85. The van der Waals surface area contributed by atoms with Crippen LogP contribution in [0.4, 0.5) is 5.69 Å². The highest BCUT2D eigenvalue weighted by Crippen LogP contribution is 2.67. The van der Waals surface area contributed by atoms with Crippen molar-refractivity contribution in [2.75, 3.05) is 6.61 Å². The topological polar surface area (TPSA) is 69.4 Å². The maximum absolute atomic E-state index is 12.1. The standard InChI is InChI=1S/C18H23NO4/c1-17(2)15-8-9-18(17,3)10-13(15)11-23-16(20)12-4-6-14(7-5-12)19(21)22/h4-7,13,15H,8-11H2,1-3H3/t13-,15+,18+/m1/s1. The first-order valence-electron chi connectivity index (χ1n) is 8.16. The molecule has 0 aliphatic heterocycles. The number of hydrogen-bond acceptors (Lipinski definition) is 4. The number of nitrogens with zero attached hydrogens (tertiary/aromatic N) is 1. The predicted molar refractivity (Wildman–Crippen MR) is 86.1 cm³/mol. The number of carbonyl (C=O) groups is 1. The van der Waals surface area contributed by atoms with E-state index in [1.54, 1.807) is 0 Å². The van der Waals surface area contributed by atoms with Gasteiger partial charge in [0.1, 0.15) is 0 Å². The first kappa shape index (κ1) is 16.0. The Bertz CT molecular complexity index is 634. The molecule has 2 saturated carbocycles. The number of esters is 1. The van der Waals surface area contributed by atoms with E-state index in [0.717, 1.165) is 6.42 Å². The molecule has 0 saturated heterocycles. The van der Waals surface area contributed by atoms with E-state index in [9.17, 15) is 14.9 Å². The van der Waals surface area contributed by atoms with E-state index in [1.165, 1.54) is 37.1 Å². The molecule has 5 heteroatoms. The third-order valence-corrected chi connectivity index (χ3v) is 6.51. The van der Waals surface area contributed by atoms with Crippen LogP contribution in [0.5, 0.6) is 0 Å². The van der Waals surface area contributed by atoms with Gasteiger partial charge in [0.05, 0.1) is 17.1 Å². The normalized spacial score (nSPS) is 31.1. The number of nitro groups is 1. The molecule has 1 aromatic carbocycles. The fourth-order valence-corrected chi connectivity index (χ4v) is 4.68. The van der Waals surface area contributed by atoms with Gasteiger partial charge in [0, 0.05) is 12.1 Å². The van der Waals surface area contributed by atoms with Crippen molar-refractivity contribution < 1.29 is 14.5 Å². The molecule has 0 N–H and O–H groups in total. The van der Waals surface area contributed by atoms with Crippen LogP contribution < -0.4 is 0 Å². The summed E-state index contributed by atoms with van der Waals surface area (Å²) in [5.41, 5.74) is 0.994. The van der Waals surface area contributed by atoms with Crippen LogP contribution in [0, 0.1) is 32.8 Å². The van der Waals surface area contributed by atoms with Gasteiger partial charge in [-0.3, -0.25) is 10.1 Å². The first-order valence-corrected chi connectivity index (χ1v) is 8.16. The molecule has 124 valence electrons. The molecule has 0 amide bonds. The predicted octanol–water partition coefficient (Wildman–Crippen LogP) is 4.21. The van der Waals surface area contributed by atoms with Gasteiger partial charge in [-0.15, -0.1) is 0 Å². The fourth-order valence-electron chi connectivity index (χ4n) is 4.68. The summed E-state index contributed by atoms with van der Waals surface area (Å²) in [4.78, 5) is 22.3. The summed E-state index contributed by atoms with van der Waals surface area (Å²) in [5, 5.41) is 10.6. The van der Waals surface area contributed by atoms with Crippen molar-refractivity contribution >= 4 is 11.7 Å². The van der Waals surface area contributed by atoms with E-state index in [1.807, 2.05) is 0 Å². The lowest BCUT2D eigenvalue weighted by Crippen LogP contribution is -2.26. The van der Waals surface area contributed by atoms with E-state index < -0.39 is 10.9 Å². The Morgan fingerprint density at radius 3 is 2.43 bits per heavy atom. The van der Waals surface area contributed by atoms with Gasteiger partial charge in [0.25, 0.3) is 5.69 Å². The Balaban J connectivity index is 1.61. The van der Waals surface area contributed by atoms with Crippen molar-refractivity contribution in [3.63, 3.8) is 0 Å². The molecule has 2 fully saturated rings. The van der Waals surface area contributed by atoms with Crippen LogP contribution in [-0.4, -0.2) is 17.5 Å². The monoisotopic (exact) mass is 317 g/mol. The number of rotatable bonds is 4. The second-order valence-corrected chi connectivity index (χ2v) is 7.79. The van der Waals surface area contributed by atoms with Gasteiger partial charge in [-0.25, -0.2) is 4.79 Å². The van der Waals surface area contributed by atoms with Crippen molar-refractivity contribution in [2.45, 2.75) is 40.0 Å². The van der Waals surface area contributed by atoms with Gasteiger partial charge in [-0.05, 0) is 54.1 Å². The summed E-state index contributed by atoms with van der Waals surface area (Å²) in [6.07, 6.45) is 3.58. The molecule has 0 unspecified atom stereocenters. The van der Waals surface area contributed by atoms with Gasteiger partial charge in [-0.1, -0.05) is 20.8 Å². The van der Waals surface area contributed by atoms with E-state index in [4.69, 9.17) is 4.74 Å². The van der Waals surface area contributed by atoms with Gasteiger partial charge in [0.15, 0.2) is 0 Å². The smallest absolute Gasteiger partial charge is 0.338 e. The summed E-state index contributed by atoms with van der Waals surface area (Å²) < 4.78 is 5.49. The molecule has 5 nitrogen and oxygen atoms in total. The zero-order valence-corrected chi connectivity index (χ0v) is 13.9. The Kier molecular flexibility index (Phi) is 3.69. The minimum atomic E-state index is -0.479. The number of ether oxygens (including phenoxy) is 1. The number of benzene rings is 1. The molecule has 1 aromatic rings. The molecule has 0 radical (unpaired) electrons. The van der Waals surface area contributed by atoms with Crippen LogP contribution in [0.25, 0.3) is 0 Å². The average molecular weight is 317 g/mol. The number of carbonyl (C=O) groups excluding carboxylic acids is 1. The molecule has 2 bridgehead atoms. The molecule has 2 aliphatic rings. The zero-order valence-electron chi connectivity index (χ0n) is 13.9. The lowest BCUT2D eigenvalue weighted by Gasteiger charge is -2.34. The SMILES string of the molecule is CC1(C)[C@H]2CC[C@@]1(C)C[C@@H]2COC(=O)c1ccc([N+](=O)[O-])cc1. The zero-order chi connectivity index (χ0) is 16.8. The third kappa shape index (κ3) is 2.52. The minimum absolute atomic E-state index is 0.0238. The van der Waals surface area contributed by atoms with Crippen molar-refractivity contribution in [1.82, 2.24) is 0 Å². The summed E-state index contributed by atoms with van der Waals surface area (Å²) in [6, 6.07) is 5.57. The lowest BCUT2D eigenvalue weighted by atomic mass is 9.71. The number of fused-ring (bicyclic) bond motifs is 2. The highest BCUT2D eigenvalue weighted by atomic mass is 16.6. The molecule has 23 heavy (non-hydrogen) atoms. The maximum atomic E-state index is 12.1. The van der Waals surface area contributed by atoms with E-state index >= 15 is 0 Å². The first-order chi connectivity index (χ1) is 10.7. The molecular formula is C18H23NO4. The van der Waals surface area contributed by atoms with Crippen molar-refractivity contribution in [3.05, 3.63) is 39.9 Å². The summed E-state index contributed by atoms with van der Waals surface area (Å²) >= 11 is 0. The van der Waals surface area contributed by atoms with Gasteiger partial charge in [-0.2, -0.15) is 0 Å². The number of non-ortho nitro benzene ring substituents is 1. The second-order valence-electron chi connectivity index (χ2n) is 7.79. The van der Waals surface area contributed by atoms with E-state index in [0.29, 0.717) is 34.8 Å². The molecule has 3 rings (SSSR count). The van der Waals surface area contributed by atoms with Gasteiger partial charge < -0.3 is 4.74 Å². The van der Waals surface area contributed by atoms with Crippen molar-refractivity contribution in [1.29, 1.82) is 0 Å². The molecule has 0 spiro atoms. The summed E-state index contributed by atoms with van der Waals surface area (Å²) in [7, 11) is 0. The number of nitro benzene ring substituents is 1. The highest BCUT2D eigenvalue weighted by Gasteiger charge is 2.60. The summed E-state index contributed by atoms with van der Waals surface area (Å²) in [5.74, 6) is 0.633. The Morgan fingerprint density at radius 2 is 1.96 bits per heavy atom. The van der Waals surface area contributed by atoms with Crippen LogP contribution >= 0.6 is 0 Å². The van der Waals surface area contributed by atoms with Gasteiger partial charge in [0.2, 0.25) is 0 Å². The fraction of sp³-hybridized carbons (Fsp3) is 0.611. The van der Waals surface area contributed by atoms with Crippen LogP contribution in [0.1, 0.15) is 50.4 Å². The maximum Gasteiger partial charge on any atom is 0.338 e. The Labute approximate surface area is 136 Å². The lowest BCUT2D eigenvalue weighted by molar-refractivity contribution is -0.384. The minimum Gasteiger partial charge on any atom is -0.462 e. The second kappa shape index (κ2) is 5.32. The van der Waals surface area contributed by atoms with Crippen LogP contribution in [0.2, 0.25) is 0 Å². The van der Waals surface area contributed by atoms with Crippen molar-refractivity contribution in [3.8, 4) is 0 Å². The molecule has 2 aliphatic carbocycles. The highest BCUT2D eigenvalue weighted by molar-refractivity contribution is 5.89. The van der Waals surface area contributed by atoms with Crippen LogP contribution in [0.15, 0.2) is 24.3 Å². The molecule has 3 atom stereocenters. The van der Waals surface area contributed by atoms with E-state index in [2.05, 4.69) is 20.8 Å². The molecular weight excluding hydrogens is 294 g/mol. The van der Waals surface area contributed by atoms with Crippen LogP contribution in [0.3, 0.4) is 0 Å². The Morgan fingerprint density at radius 1 is 1.30 bits per heavy atom. The molecule has 0 heterocycles. The Hall–Kier alpha value is -1.91. The van der Waals surface area contributed by atoms with Crippen LogP contribution in [-0.2, 0) is 4.74 Å². The quantitative estimate of drug-likeness (QED) is 0.474.